The van der Waals surface area contributed by atoms with Crippen LogP contribution >= 0.6 is 0 Å². The Hall–Kier alpha value is -1.07. The third-order valence-electron chi connectivity index (χ3n) is 2.63. The molecule has 1 unspecified atom stereocenters. The molecule has 14 heavy (non-hydrogen) atoms. The average molecular weight is 196 g/mol. The number of aromatic amines is 1. The van der Waals surface area contributed by atoms with Gasteiger partial charge in [-0.05, 0) is 7.05 Å². The zero-order valence-corrected chi connectivity index (χ0v) is 8.58. The molecule has 1 aromatic rings. The number of nitrogens with zero attached hydrogens (tertiary/aromatic N) is 2. The summed E-state index contributed by atoms with van der Waals surface area (Å²) in [7, 11) is 3.91. The van der Waals surface area contributed by atoms with Crippen molar-refractivity contribution in [3.8, 4) is 0 Å². The number of likely N-dealkylation sites (N-methyl/N-ethyl adjacent to an activating group) is 1. The van der Waals surface area contributed by atoms with Gasteiger partial charge in [-0.15, -0.1) is 0 Å². The molecule has 1 saturated heterocycles. The minimum absolute atomic E-state index is 0.0142. The molecule has 0 radical (unpaired) electrons. The lowest BCUT2D eigenvalue weighted by Crippen LogP contribution is -2.44. The van der Waals surface area contributed by atoms with Gasteiger partial charge in [-0.1, -0.05) is 0 Å². The fourth-order valence-electron chi connectivity index (χ4n) is 1.88. The first kappa shape index (κ1) is 9.48. The molecule has 2 N–H and O–H groups in total. The molecule has 2 rings (SSSR count). The van der Waals surface area contributed by atoms with Crippen molar-refractivity contribution in [2.75, 3.05) is 26.7 Å². The smallest absolute Gasteiger partial charge is 0.268 e. The van der Waals surface area contributed by atoms with Crippen molar-refractivity contribution in [2.24, 2.45) is 7.05 Å². The second-order valence-corrected chi connectivity index (χ2v) is 3.91. The highest BCUT2D eigenvalue weighted by Crippen LogP contribution is 2.11. The number of nitrogens with one attached hydrogen (secondary N) is 2. The Labute approximate surface area is 82.7 Å². The van der Waals surface area contributed by atoms with E-state index in [1.54, 1.807) is 4.68 Å². The van der Waals surface area contributed by atoms with Crippen molar-refractivity contribution in [2.45, 2.75) is 6.04 Å². The van der Waals surface area contributed by atoms with Crippen LogP contribution in [0.3, 0.4) is 0 Å². The lowest BCUT2D eigenvalue weighted by Gasteiger charge is -2.29. The zero-order valence-electron chi connectivity index (χ0n) is 8.58. The number of rotatable bonds is 1. The predicted molar refractivity (Wildman–Crippen MR) is 54.3 cm³/mol. The normalized spacial score (nSPS) is 24.0. The van der Waals surface area contributed by atoms with E-state index in [4.69, 9.17) is 0 Å². The molecular weight excluding hydrogens is 180 g/mol. The SMILES string of the molecule is CN1CCNC(c2cn(C)[nH]c2=O)C1. The fourth-order valence-corrected chi connectivity index (χ4v) is 1.88. The van der Waals surface area contributed by atoms with Crippen LogP contribution in [0, 0.1) is 0 Å². The first-order valence-electron chi connectivity index (χ1n) is 4.84. The second kappa shape index (κ2) is 3.59. The Balaban J connectivity index is 2.21. The van der Waals surface area contributed by atoms with E-state index in [2.05, 4.69) is 22.4 Å². The highest BCUT2D eigenvalue weighted by molar-refractivity contribution is 5.12. The highest BCUT2D eigenvalue weighted by atomic mass is 16.1. The lowest BCUT2D eigenvalue weighted by molar-refractivity contribution is 0.240. The third-order valence-corrected chi connectivity index (χ3v) is 2.63. The molecule has 0 saturated carbocycles. The number of H-pyrrole nitrogens is 1. The van der Waals surface area contributed by atoms with Gasteiger partial charge in [0.2, 0.25) is 0 Å². The largest absolute Gasteiger partial charge is 0.307 e. The van der Waals surface area contributed by atoms with Crippen LogP contribution in [-0.2, 0) is 7.05 Å². The van der Waals surface area contributed by atoms with Crippen LogP contribution in [0.25, 0.3) is 0 Å². The van der Waals surface area contributed by atoms with Crippen LogP contribution in [0.4, 0.5) is 0 Å². The molecule has 0 bridgehead atoms. The monoisotopic (exact) mass is 196 g/mol. The maximum absolute atomic E-state index is 11.5. The first-order valence-corrected chi connectivity index (χ1v) is 4.84. The molecule has 5 nitrogen and oxygen atoms in total. The van der Waals surface area contributed by atoms with E-state index in [-0.39, 0.29) is 11.6 Å². The van der Waals surface area contributed by atoms with E-state index in [1.807, 2.05) is 13.2 Å². The summed E-state index contributed by atoms with van der Waals surface area (Å²) in [6, 6.07) is 0.165. The molecule has 0 spiro atoms. The van der Waals surface area contributed by atoms with Crippen LogP contribution in [0.2, 0.25) is 0 Å². The van der Waals surface area contributed by atoms with Gasteiger partial charge in [0.25, 0.3) is 5.56 Å². The third kappa shape index (κ3) is 1.73. The van der Waals surface area contributed by atoms with Gasteiger partial charge in [0.15, 0.2) is 0 Å². The molecule has 1 aliphatic heterocycles. The van der Waals surface area contributed by atoms with Gasteiger partial charge in [-0.3, -0.25) is 14.6 Å². The quantitative estimate of drug-likeness (QED) is 0.624. The lowest BCUT2D eigenvalue weighted by atomic mass is 10.1. The summed E-state index contributed by atoms with van der Waals surface area (Å²) < 4.78 is 1.70. The number of piperazine rings is 1. The van der Waals surface area contributed by atoms with E-state index in [9.17, 15) is 4.79 Å². The van der Waals surface area contributed by atoms with Crippen LogP contribution < -0.4 is 10.9 Å². The molecule has 1 aromatic heterocycles. The summed E-state index contributed by atoms with van der Waals surface area (Å²) in [4.78, 5) is 13.7. The molecule has 5 heteroatoms. The average Bonchev–Trinajstić information content (AvgIpc) is 2.45. The van der Waals surface area contributed by atoms with Gasteiger partial charge in [0.1, 0.15) is 0 Å². The van der Waals surface area contributed by atoms with Crippen LogP contribution in [-0.4, -0.2) is 41.4 Å². The molecule has 1 aliphatic rings. The number of hydrogen-bond acceptors (Lipinski definition) is 3. The highest BCUT2D eigenvalue weighted by Gasteiger charge is 2.21. The van der Waals surface area contributed by atoms with Gasteiger partial charge >= 0.3 is 0 Å². The van der Waals surface area contributed by atoms with Crippen molar-refractivity contribution >= 4 is 0 Å². The molecule has 1 fully saturated rings. The molecule has 2 heterocycles. The Bertz CT molecular complexity index is 367. The maximum atomic E-state index is 11.5. The van der Waals surface area contributed by atoms with Crippen molar-refractivity contribution < 1.29 is 0 Å². The number of hydrogen-bond donors (Lipinski definition) is 2. The predicted octanol–water partition coefficient (Wildman–Crippen LogP) is -0.710. The number of aryl methyl sites for hydroxylation is 1. The molecule has 1 atom stereocenters. The van der Waals surface area contributed by atoms with Crippen molar-refractivity contribution in [1.29, 1.82) is 0 Å². The topological polar surface area (TPSA) is 53.1 Å². The maximum Gasteiger partial charge on any atom is 0.268 e. The van der Waals surface area contributed by atoms with E-state index in [0.717, 1.165) is 25.2 Å². The van der Waals surface area contributed by atoms with E-state index < -0.39 is 0 Å². The standard InChI is InChI=1S/C9H16N4O/c1-12-4-3-10-8(6-12)7-5-13(2)11-9(7)14/h5,8,10H,3-4,6H2,1-2H3,(H,11,14). The van der Waals surface area contributed by atoms with E-state index in [1.165, 1.54) is 0 Å². The summed E-state index contributed by atoms with van der Waals surface area (Å²) in [6.07, 6.45) is 1.86. The fraction of sp³-hybridized carbons (Fsp3) is 0.667. The van der Waals surface area contributed by atoms with E-state index >= 15 is 0 Å². The minimum atomic E-state index is 0.0142. The van der Waals surface area contributed by atoms with Gasteiger partial charge in [0, 0.05) is 32.9 Å². The van der Waals surface area contributed by atoms with Gasteiger partial charge in [-0.2, -0.15) is 0 Å². The summed E-state index contributed by atoms with van der Waals surface area (Å²) in [5.74, 6) is 0. The summed E-state index contributed by atoms with van der Waals surface area (Å²) in [5, 5.41) is 6.07. The Morgan fingerprint density at radius 2 is 2.29 bits per heavy atom. The molecule has 0 aromatic carbocycles. The van der Waals surface area contributed by atoms with Gasteiger partial charge in [0.05, 0.1) is 11.6 Å². The first-order chi connectivity index (χ1) is 6.66. The number of aromatic nitrogens is 2. The molecule has 78 valence electrons. The van der Waals surface area contributed by atoms with Crippen LogP contribution in [0.1, 0.15) is 11.6 Å². The molecule has 0 aliphatic carbocycles. The summed E-state index contributed by atoms with van der Waals surface area (Å²) >= 11 is 0. The summed E-state index contributed by atoms with van der Waals surface area (Å²) in [6.45, 7) is 2.88. The Morgan fingerprint density at radius 1 is 1.50 bits per heavy atom. The molecule has 0 amide bonds. The minimum Gasteiger partial charge on any atom is -0.307 e. The second-order valence-electron chi connectivity index (χ2n) is 3.91. The molecular formula is C9H16N4O. The van der Waals surface area contributed by atoms with Crippen molar-refractivity contribution in [3.63, 3.8) is 0 Å². The van der Waals surface area contributed by atoms with Gasteiger partial charge < -0.3 is 10.2 Å². The zero-order chi connectivity index (χ0) is 10.1. The van der Waals surface area contributed by atoms with E-state index in [0.29, 0.717) is 0 Å². The van der Waals surface area contributed by atoms with Crippen molar-refractivity contribution in [1.82, 2.24) is 20.0 Å². The van der Waals surface area contributed by atoms with Crippen LogP contribution in [0.15, 0.2) is 11.0 Å². The Morgan fingerprint density at radius 3 is 2.86 bits per heavy atom. The van der Waals surface area contributed by atoms with Gasteiger partial charge in [-0.25, -0.2) is 0 Å². The Kier molecular flexibility index (Phi) is 2.43. The van der Waals surface area contributed by atoms with Crippen molar-refractivity contribution in [3.05, 3.63) is 22.1 Å². The van der Waals surface area contributed by atoms with Crippen LogP contribution in [0.5, 0.6) is 0 Å². The summed E-state index contributed by atoms with van der Waals surface area (Å²) in [5.41, 5.74) is 0.847.